The molecule has 4 rings (SSSR count). The van der Waals surface area contributed by atoms with Crippen LogP contribution in [-0.2, 0) is 7.05 Å². The molecule has 29 heavy (non-hydrogen) atoms. The van der Waals surface area contributed by atoms with Gasteiger partial charge in [0.05, 0.1) is 6.20 Å². The van der Waals surface area contributed by atoms with Crippen LogP contribution in [0.4, 0.5) is 10.5 Å². The van der Waals surface area contributed by atoms with Crippen LogP contribution in [-0.4, -0.2) is 55.5 Å². The van der Waals surface area contributed by atoms with E-state index < -0.39 is 0 Å². The number of nitrogens with zero attached hydrogens (tertiary/aromatic N) is 5. The van der Waals surface area contributed by atoms with Gasteiger partial charge in [0, 0.05) is 67.9 Å². The molecule has 2 N–H and O–H groups in total. The van der Waals surface area contributed by atoms with Crippen molar-refractivity contribution in [3.05, 3.63) is 60.2 Å². The minimum atomic E-state index is -0.172. The third-order valence-corrected chi connectivity index (χ3v) is 5.30. The zero-order chi connectivity index (χ0) is 20.4. The minimum Gasteiger partial charge on any atom is -0.396 e. The van der Waals surface area contributed by atoms with Crippen molar-refractivity contribution < 1.29 is 9.90 Å². The molecule has 2 aromatic heterocycles. The highest BCUT2D eigenvalue weighted by Gasteiger charge is 2.36. The van der Waals surface area contributed by atoms with Crippen molar-refractivity contribution in [3.63, 3.8) is 0 Å². The molecule has 8 heteroatoms. The first kappa shape index (κ1) is 19.1. The van der Waals surface area contributed by atoms with Crippen LogP contribution in [0.25, 0.3) is 11.4 Å². The van der Waals surface area contributed by atoms with Gasteiger partial charge < -0.3 is 15.3 Å². The van der Waals surface area contributed by atoms with Gasteiger partial charge in [0.1, 0.15) is 0 Å². The van der Waals surface area contributed by atoms with E-state index in [-0.39, 0.29) is 24.5 Å². The number of aryl methyl sites for hydroxylation is 2. The molecule has 1 aromatic carbocycles. The number of nitrogens with one attached hydrogen (secondary N) is 1. The van der Waals surface area contributed by atoms with E-state index in [2.05, 4.69) is 20.4 Å². The first-order chi connectivity index (χ1) is 14.0. The van der Waals surface area contributed by atoms with Gasteiger partial charge in [-0.2, -0.15) is 5.10 Å². The summed E-state index contributed by atoms with van der Waals surface area (Å²) in [5, 5.41) is 16.9. The van der Waals surface area contributed by atoms with Crippen LogP contribution in [0.5, 0.6) is 0 Å². The molecule has 0 saturated carbocycles. The van der Waals surface area contributed by atoms with Crippen LogP contribution in [0.1, 0.15) is 17.2 Å². The fourth-order valence-electron chi connectivity index (χ4n) is 3.72. The Bertz CT molecular complexity index is 1000. The third-order valence-electron chi connectivity index (χ3n) is 5.30. The third kappa shape index (κ3) is 4.12. The van der Waals surface area contributed by atoms with Gasteiger partial charge in [-0.15, -0.1) is 0 Å². The number of anilines is 1. The van der Waals surface area contributed by atoms with Crippen molar-refractivity contribution in [2.24, 2.45) is 13.0 Å². The predicted molar refractivity (Wildman–Crippen MR) is 109 cm³/mol. The molecule has 1 aliphatic rings. The quantitative estimate of drug-likeness (QED) is 0.711. The summed E-state index contributed by atoms with van der Waals surface area (Å²) in [5.41, 5.74) is 3.55. The lowest BCUT2D eigenvalue weighted by molar-refractivity contribution is 0.206. The van der Waals surface area contributed by atoms with E-state index in [4.69, 9.17) is 0 Å². The topological polar surface area (TPSA) is 96.2 Å². The lowest BCUT2D eigenvalue weighted by Gasteiger charge is -2.17. The predicted octanol–water partition coefficient (Wildman–Crippen LogP) is 2.43. The number of aliphatic hydroxyl groups is 1. The molecule has 3 aromatic rings. The van der Waals surface area contributed by atoms with Gasteiger partial charge in [0.25, 0.3) is 0 Å². The van der Waals surface area contributed by atoms with Crippen LogP contribution in [0, 0.1) is 12.8 Å². The van der Waals surface area contributed by atoms with E-state index in [0.717, 1.165) is 16.8 Å². The number of carbonyl (C=O) groups excluding carboxylic acids is 1. The number of hydrogen-bond donors (Lipinski definition) is 2. The Kier molecular flexibility index (Phi) is 5.26. The number of benzene rings is 1. The molecule has 8 nitrogen and oxygen atoms in total. The van der Waals surface area contributed by atoms with Gasteiger partial charge in [-0.05, 0) is 42.8 Å². The van der Waals surface area contributed by atoms with Gasteiger partial charge >= 0.3 is 6.03 Å². The molecule has 0 aliphatic carbocycles. The van der Waals surface area contributed by atoms with Crippen molar-refractivity contribution >= 4 is 11.7 Å². The second-order valence-electron chi connectivity index (χ2n) is 7.43. The largest absolute Gasteiger partial charge is 0.396 e. The van der Waals surface area contributed by atoms with E-state index in [9.17, 15) is 9.90 Å². The summed E-state index contributed by atoms with van der Waals surface area (Å²) in [6, 6.07) is 9.16. The number of urea groups is 1. The normalized spacial score (nSPS) is 18.8. The Hall–Kier alpha value is -3.26. The summed E-state index contributed by atoms with van der Waals surface area (Å²) in [6.07, 6.45) is 5.48. The van der Waals surface area contributed by atoms with Crippen molar-refractivity contribution in [1.82, 2.24) is 24.6 Å². The van der Waals surface area contributed by atoms with Crippen LogP contribution in [0.2, 0.25) is 0 Å². The number of likely N-dealkylation sites (tertiary alicyclic amines) is 1. The average Bonchev–Trinajstić information content (AvgIpc) is 3.34. The Morgan fingerprint density at radius 2 is 2.03 bits per heavy atom. The Morgan fingerprint density at radius 3 is 2.69 bits per heavy atom. The molecule has 0 spiro atoms. The molecule has 0 bridgehead atoms. The monoisotopic (exact) mass is 392 g/mol. The molecular weight excluding hydrogens is 368 g/mol. The van der Waals surface area contributed by atoms with E-state index in [1.54, 1.807) is 22.0 Å². The van der Waals surface area contributed by atoms with Gasteiger partial charge in [-0.1, -0.05) is 0 Å². The minimum absolute atomic E-state index is 0.00537. The first-order valence-corrected chi connectivity index (χ1v) is 9.59. The van der Waals surface area contributed by atoms with E-state index >= 15 is 0 Å². The van der Waals surface area contributed by atoms with Gasteiger partial charge in [0.2, 0.25) is 0 Å². The maximum atomic E-state index is 12.7. The molecule has 1 fully saturated rings. The van der Waals surface area contributed by atoms with Gasteiger partial charge in [-0.25, -0.2) is 14.8 Å². The SMILES string of the molecule is Cc1ccnc(-c2ccc(NC(=O)N3C[C@@H](CO)[C@H](c4cnn(C)c4)C3)cc2)n1. The van der Waals surface area contributed by atoms with Gasteiger partial charge in [-0.3, -0.25) is 4.68 Å². The Labute approximate surface area is 169 Å². The number of carbonyl (C=O) groups is 1. The van der Waals surface area contributed by atoms with Gasteiger partial charge in [0.15, 0.2) is 5.82 Å². The molecule has 1 saturated heterocycles. The van der Waals surface area contributed by atoms with Crippen LogP contribution in [0.3, 0.4) is 0 Å². The zero-order valence-corrected chi connectivity index (χ0v) is 16.5. The molecule has 2 amide bonds. The molecular formula is C21H24N6O2. The highest BCUT2D eigenvalue weighted by molar-refractivity contribution is 5.89. The summed E-state index contributed by atoms with van der Waals surface area (Å²) in [6.45, 7) is 3.03. The van der Waals surface area contributed by atoms with Crippen molar-refractivity contribution in [2.75, 3.05) is 25.0 Å². The number of aliphatic hydroxyl groups excluding tert-OH is 1. The van der Waals surface area contributed by atoms with Crippen molar-refractivity contribution in [3.8, 4) is 11.4 Å². The summed E-state index contributed by atoms with van der Waals surface area (Å²) in [4.78, 5) is 23.2. The highest BCUT2D eigenvalue weighted by atomic mass is 16.3. The van der Waals surface area contributed by atoms with E-state index in [0.29, 0.717) is 24.6 Å². The average molecular weight is 392 g/mol. The molecule has 1 aliphatic heterocycles. The Balaban J connectivity index is 1.42. The Morgan fingerprint density at radius 1 is 1.24 bits per heavy atom. The van der Waals surface area contributed by atoms with Crippen molar-refractivity contribution in [2.45, 2.75) is 12.8 Å². The molecule has 0 radical (unpaired) electrons. The number of aromatic nitrogens is 4. The fraction of sp³-hybridized carbons (Fsp3) is 0.333. The van der Waals surface area contributed by atoms with Crippen LogP contribution in [0.15, 0.2) is 48.9 Å². The van der Waals surface area contributed by atoms with E-state index in [1.807, 2.05) is 50.5 Å². The van der Waals surface area contributed by atoms with Crippen molar-refractivity contribution in [1.29, 1.82) is 0 Å². The second kappa shape index (κ2) is 8.00. The summed E-state index contributed by atoms with van der Waals surface area (Å²) in [7, 11) is 1.86. The fourth-order valence-corrected chi connectivity index (χ4v) is 3.72. The van der Waals surface area contributed by atoms with E-state index in [1.165, 1.54) is 0 Å². The lowest BCUT2D eigenvalue weighted by atomic mass is 9.92. The zero-order valence-electron chi connectivity index (χ0n) is 16.5. The van der Waals surface area contributed by atoms with Crippen LogP contribution >= 0.6 is 0 Å². The number of hydrogen-bond acceptors (Lipinski definition) is 5. The summed E-state index contributed by atoms with van der Waals surface area (Å²) >= 11 is 0. The number of amides is 2. The number of rotatable bonds is 4. The maximum Gasteiger partial charge on any atom is 0.321 e. The highest BCUT2D eigenvalue weighted by Crippen LogP contribution is 2.32. The second-order valence-corrected chi connectivity index (χ2v) is 7.43. The first-order valence-electron chi connectivity index (χ1n) is 9.59. The summed E-state index contributed by atoms with van der Waals surface area (Å²) < 4.78 is 1.74. The lowest BCUT2D eigenvalue weighted by Crippen LogP contribution is -2.33. The standard InChI is InChI=1S/C21H24N6O2/c1-14-7-8-22-20(24-14)15-3-5-18(6-4-15)25-21(29)27-11-17(13-28)19(12-27)16-9-23-26(2)10-16/h3-10,17,19,28H,11-13H2,1-2H3,(H,25,29)/t17-,19-/m0/s1. The molecule has 0 unspecified atom stereocenters. The summed E-state index contributed by atoms with van der Waals surface area (Å²) in [5.74, 6) is 0.749. The molecule has 2 atom stereocenters. The maximum absolute atomic E-state index is 12.7. The smallest absolute Gasteiger partial charge is 0.321 e. The molecule has 3 heterocycles. The molecule has 150 valence electrons. The van der Waals surface area contributed by atoms with Crippen LogP contribution < -0.4 is 5.32 Å².